The third-order valence-corrected chi connectivity index (χ3v) is 3.86. The largest absolute Gasteiger partial charge is 0.337 e. The maximum atomic E-state index is 13.2. The van der Waals surface area contributed by atoms with Crippen molar-refractivity contribution in [3.05, 3.63) is 34.3 Å². The highest BCUT2D eigenvalue weighted by atomic mass is 79.9. The summed E-state index contributed by atoms with van der Waals surface area (Å²) in [5, 5.41) is 2.61. The number of carbonyl (C=O) groups is 1. The van der Waals surface area contributed by atoms with Crippen LogP contribution in [0.1, 0.15) is 18.9 Å². The Labute approximate surface area is 125 Å². The predicted octanol–water partition coefficient (Wildman–Crippen LogP) is 2.79. The second kappa shape index (κ2) is 6.18. The van der Waals surface area contributed by atoms with Crippen LogP contribution in [0, 0.1) is 0 Å². The number of nitrogens with one attached hydrogen (secondary N) is 1. The molecule has 0 aromatic heterocycles. The molecular weight excluding hydrogens is 330 g/mol. The van der Waals surface area contributed by atoms with Gasteiger partial charge in [-0.05, 0) is 24.6 Å². The molecule has 1 aromatic rings. The lowest BCUT2D eigenvalue weighted by molar-refractivity contribution is -0.134. The molecule has 110 valence electrons. The van der Waals surface area contributed by atoms with Gasteiger partial charge in [0.25, 0.3) is 5.92 Å². The standard InChI is InChI=1S/C14H17BrF2N2O/c1-2-19(8-10-4-3-5-11(15)6-10)13(20)12-7-14(16,17)9-18-12/h3-6,12,18H,2,7-9H2,1H3. The van der Waals surface area contributed by atoms with E-state index in [2.05, 4.69) is 21.2 Å². The van der Waals surface area contributed by atoms with Crippen molar-refractivity contribution in [2.75, 3.05) is 13.1 Å². The van der Waals surface area contributed by atoms with Crippen molar-refractivity contribution in [1.29, 1.82) is 0 Å². The molecule has 6 heteroatoms. The number of likely N-dealkylation sites (N-methyl/N-ethyl adjacent to an activating group) is 1. The average Bonchev–Trinajstić information content (AvgIpc) is 2.75. The molecule has 0 aliphatic carbocycles. The summed E-state index contributed by atoms with van der Waals surface area (Å²) in [5.74, 6) is -3.04. The Bertz CT molecular complexity index is 496. The molecular formula is C14H17BrF2N2O. The number of rotatable bonds is 4. The van der Waals surface area contributed by atoms with Crippen LogP contribution in [0.25, 0.3) is 0 Å². The molecule has 0 radical (unpaired) electrons. The van der Waals surface area contributed by atoms with Crippen LogP contribution in [0.15, 0.2) is 28.7 Å². The summed E-state index contributed by atoms with van der Waals surface area (Å²) < 4.78 is 27.3. The van der Waals surface area contributed by atoms with Gasteiger partial charge in [0.05, 0.1) is 12.6 Å². The van der Waals surface area contributed by atoms with E-state index in [4.69, 9.17) is 0 Å². The number of nitrogens with zero attached hydrogens (tertiary/aromatic N) is 1. The van der Waals surface area contributed by atoms with Crippen LogP contribution in [0.2, 0.25) is 0 Å². The maximum Gasteiger partial charge on any atom is 0.262 e. The van der Waals surface area contributed by atoms with E-state index in [1.807, 2.05) is 31.2 Å². The smallest absolute Gasteiger partial charge is 0.262 e. The fraction of sp³-hybridized carbons (Fsp3) is 0.500. The first-order valence-corrected chi connectivity index (χ1v) is 7.35. The number of alkyl halides is 2. The summed E-state index contributed by atoms with van der Waals surface area (Å²) in [7, 11) is 0. The van der Waals surface area contributed by atoms with Crippen molar-refractivity contribution in [3.8, 4) is 0 Å². The molecule has 0 saturated carbocycles. The van der Waals surface area contributed by atoms with Gasteiger partial charge in [-0.1, -0.05) is 28.1 Å². The highest BCUT2D eigenvalue weighted by Gasteiger charge is 2.43. The molecule has 1 aromatic carbocycles. The molecule has 1 heterocycles. The zero-order chi connectivity index (χ0) is 14.8. The Morgan fingerprint density at radius 3 is 2.85 bits per heavy atom. The third kappa shape index (κ3) is 3.76. The fourth-order valence-corrected chi connectivity index (χ4v) is 2.76. The number of halogens is 3. The molecule has 20 heavy (non-hydrogen) atoms. The normalized spacial score (nSPS) is 20.9. The SMILES string of the molecule is CCN(Cc1cccc(Br)c1)C(=O)C1CC(F)(F)CN1. The second-order valence-electron chi connectivity index (χ2n) is 4.98. The van der Waals surface area contributed by atoms with Crippen LogP contribution in [0.4, 0.5) is 8.78 Å². The zero-order valence-corrected chi connectivity index (χ0v) is 12.8. The number of hydrogen-bond acceptors (Lipinski definition) is 2. The highest BCUT2D eigenvalue weighted by Crippen LogP contribution is 2.26. The van der Waals surface area contributed by atoms with E-state index in [1.54, 1.807) is 4.90 Å². The quantitative estimate of drug-likeness (QED) is 0.909. The Morgan fingerprint density at radius 1 is 1.55 bits per heavy atom. The van der Waals surface area contributed by atoms with E-state index in [-0.39, 0.29) is 5.91 Å². The lowest BCUT2D eigenvalue weighted by atomic mass is 10.1. The molecule has 1 saturated heterocycles. The number of amides is 1. The zero-order valence-electron chi connectivity index (χ0n) is 11.2. The first-order chi connectivity index (χ1) is 9.41. The minimum Gasteiger partial charge on any atom is -0.337 e. The van der Waals surface area contributed by atoms with Crippen molar-refractivity contribution in [1.82, 2.24) is 10.2 Å². The summed E-state index contributed by atoms with van der Waals surface area (Å²) in [6.07, 6.45) is -0.416. The molecule has 1 unspecified atom stereocenters. The Morgan fingerprint density at radius 2 is 2.30 bits per heavy atom. The van der Waals surface area contributed by atoms with E-state index in [1.165, 1.54) is 0 Å². The molecule has 2 rings (SSSR count). The molecule has 1 aliphatic heterocycles. The lowest BCUT2D eigenvalue weighted by Crippen LogP contribution is -2.43. The van der Waals surface area contributed by atoms with Gasteiger partial charge >= 0.3 is 0 Å². The number of benzene rings is 1. The third-order valence-electron chi connectivity index (χ3n) is 3.36. The lowest BCUT2D eigenvalue weighted by Gasteiger charge is -2.24. The summed E-state index contributed by atoms with van der Waals surface area (Å²) in [4.78, 5) is 13.9. The first-order valence-electron chi connectivity index (χ1n) is 6.56. The molecule has 1 fully saturated rings. The minimum atomic E-state index is -2.78. The first kappa shape index (κ1) is 15.4. The van der Waals surface area contributed by atoms with Crippen LogP contribution >= 0.6 is 15.9 Å². The van der Waals surface area contributed by atoms with E-state index in [0.717, 1.165) is 10.0 Å². The van der Waals surface area contributed by atoms with Gasteiger partial charge < -0.3 is 4.90 Å². The Balaban J connectivity index is 2.03. The van der Waals surface area contributed by atoms with Crippen LogP contribution in [-0.4, -0.2) is 35.9 Å². The molecule has 0 bridgehead atoms. The van der Waals surface area contributed by atoms with Crippen molar-refractivity contribution >= 4 is 21.8 Å². The van der Waals surface area contributed by atoms with Gasteiger partial charge in [-0.3, -0.25) is 10.1 Å². The predicted molar refractivity (Wildman–Crippen MR) is 76.6 cm³/mol. The van der Waals surface area contributed by atoms with Crippen molar-refractivity contribution in [2.24, 2.45) is 0 Å². The average molecular weight is 347 g/mol. The van der Waals surface area contributed by atoms with Crippen LogP contribution < -0.4 is 5.32 Å². The summed E-state index contributed by atoms with van der Waals surface area (Å²) >= 11 is 3.38. The van der Waals surface area contributed by atoms with Gasteiger partial charge in [-0.15, -0.1) is 0 Å². The van der Waals surface area contributed by atoms with Gasteiger partial charge in [0.2, 0.25) is 5.91 Å². The summed E-state index contributed by atoms with van der Waals surface area (Å²) in [5.41, 5.74) is 0.972. The molecule has 1 atom stereocenters. The van der Waals surface area contributed by atoms with Crippen molar-refractivity contribution in [2.45, 2.75) is 31.9 Å². The van der Waals surface area contributed by atoms with E-state index >= 15 is 0 Å². The second-order valence-corrected chi connectivity index (χ2v) is 5.89. The molecule has 0 spiro atoms. The van der Waals surface area contributed by atoms with Crippen molar-refractivity contribution in [3.63, 3.8) is 0 Å². The number of hydrogen-bond donors (Lipinski definition) is 1. The molecule has 1 N–H and O–H groups in total. The summed E-state index contributed by atoms with van der Waals surface area (Å²) in [6, 6.07) is 6.85. The monoisotopic (exact) mass is 346 g/mol. The molecule has 3 nitrogen and oxygen atoms in total. The summed E-state index contributed by atoms with van der Waals surface area (Å²) in [6.45, 7) is 2.36. The van der Waals surface area contributed by atoms with Gasteiger partial charge in [0.15, 0.2) is 0 Å². The van der Waals surface area contributed by atoms with Gasteiger partial charge in [0, 0.05) is 24.0 Å². The minimum absolute atomic E-state index is 0.260. The van der Waals surface area contributed by atoms with E-state index in [9.17, 15) is 13.6 Å². The van der Waals surface area contributed by atoms with Gasteiger partial charge in [0.1, 0.15) is 0 Å². The van der Waals surface area contributed by atoms with Crippen molar-refractivity contribution < 1.29 is 13.6 Å². The van der Waals surface area contributed by atoms with E-state index < -0.39 is 24.9 Å². The molecule has 1 aliphatic rings. The van der Waals surface area contributed by atoms with Crippen LogP contribution in [-0.2, 0) is 11.3 Å². The van der Waals surface area contributed by atoms with Gasteiger partial charge in [-0.2, -0.15) is 0 Å². The molecule has 1 amide bonds. The van der Waals surface area contributed by atoms with Gasteiger partial charge in [-0.25, -0.2) is 8.78 Å². The topological polar surface area (TPSA) is 32.3 Å². The van der Waals surface area contributed by atoms with Crippen LogP contribution in [0.3, 0.4) is 0 Å². The fourth-order valence-electron chi connectivity index (χ4n) is 2.31. The van der Waals surface area contributed by atoms with Crippen LogP contribution in [0.5, 0.6) is 0 Å². The Kier molecular flexibility index (Phi) is 4.75. The highest BCUT2D eigenvalue weighted by molar-refractivity contribution is 9.10. The van der Waals surface area contributed by atoms with E-state index in [0.29, 0.717) is 13.1 Å². The maximum absolute atomic E-state index is 13.2. The number of carbonyl (C=O) groups excluding carboxylic acids is 1. The Hall–Kier alpha value is -1.01.